The zero-order valence-corrected chi connectivity index (χ0v) is 10.9. The number of aromatic nitrogens is 2. The standard InChI is InChI=1S/C13H21N3O2/c1-2-3-6-16(7-8-17)13(18)12-9-11(14-15-12)10-4-5-10/h9-10,17H,2-8H2,1H3,(H,14,15). The van der Waals surface area contributed by atoms with Crippen LogP contribution in [-0.4, -0.2) is 45.8 Å². The molecule has 100 valence electrons. The zero-order chi connectivity index (χ0) is 13.0. The van der Waals surface area contributed by atoms with E-state index in [1.54, 1.807) is 4.90 Å². The lowest BCUT2D eigenvalue weighted by atomic mass is 10.2. The maximum Gasteiger partial charge on any atom is 0.274 e. The van der Waals surface area contributed by atoms with Crippen molar-refractivity contribution in [3.8, 4) is 0 Å². The van der Waals surface area contributed by atoms with E-state index >= 15 is 0 Å². The van der Waals surface area contributed by atoms with Crippen LogP contribution in [0, 0.1) is 0 Å². The van der Waals surface area contributed by atoms with Gasteiger partial charge in [-0.1, -0.05) is 13.3 Å². The molecular weight excluding hydrogens is 230 g/mol. The lowest BCUT2D eigenvalue weighted by molar-refractivity contribution is 0.0713. The van der Waals surface area contributed by atoms with Gasteiger partial charge < -0.3 is 10.0 Å². The fourth-order valence-corrected chi connectivity index (χ4v) is 2.00. The second-order valence-corrected chi connectivity index (χ2v) is 4.85. The minimum atomic E-state index is -0.0827. The first kappa shape index (κ1) is 13.1. The third-order valence-corrected chi connectivity index (χ3v) is 3.27. The first-order valence-corrected chi connectivity index (χ1v) is 6.71. The Morgan fingerprint density at radius 1 is 1.56 bits per heavy atom. The molecule has 0 spiro atoms. The fraction of sp³-hybridized carbons (Fsp3) is 0.692. The molecule has 0 saturated heterocycles. The molecule has 0 atom stereocenters. The highest BCUT2D eigenvalue weighted by atomic mass is 16.3. The van der Waals surface area contributed by atoms with E-state index in [0.717, 1.165) is 18.5 Å². The third kappa shape index (κ3) is 3.10. The van der Waals surface area contributed by atoms with Crippen molar-refractivity contribution in [1.82, 2.24) is 15.1 Å². The van der Waals surface area contributed by atoms with Crippen molar-refractivity contribution < 1.29 is 9.90 Å². The van der Waals surface area contributed by atoms with Gasteiger partial charge in [0.1, 0.15) is 5.69 Å². The molecule has 1 amide bonds. The molecule has 5 nitrogen and oxygen atoms in total. The van der Waals surface area contributed by atoms with Crippen molar-refractivity contribution in [3.05, 3.63) is 17.5 Å². The summed E-state index contributed by atoms with van der Waals surface area (Å²) in [6, 6.07) is 1.86. The number of carbonyl (C=O) groups excluding carboxylic acids is 1. The highest BCUT2D eigenvalue weighted by Gasteiger charge is 2.27. The molecule has 1 aliphatic carbocycles. The van der Waals surface area contributed by atoms with Gasteiger partial charge >= 0.3 is 0 Å². The predicted octanol–water partition coefficient (Wildman–Crippen LogP) is 1.52. The smallest absolute Gasteiger partial charge is 0.274 e. The number of H-pyrrole nitrogens is 1. The maximum atomic E-state index is 12.2. The Labute approximate surface area is 107 Å². The number of nitrogens with zero attached hydrogens (tertiary/aromatic N) is 2. The van der Waals surface area contributed by atoms with Gasteiger partial charge in [0.2, 0.25) is 0 Å². The molecule has 0 bridgehead atoms. The van der Waals surface area contributed by atoms with Crippen LogP contribution in [0.5, 0.6) is 0 Å². The lowest BCUT2D eigenvalue weighted by Crippen LogP contribution is -2.34. The average Bonchev–Trinajstić information content (AvgIpc) is 3.11. The zero-order valence-electron chi connectivity index (χ0n) is 10.9. The first-order valence-electron chi connectivity index (χ1n) is 6.71. The van der Waals surface area contributed by atoms with Gasteiger partial charge in [0.15, 0.2) is 0 Å². The van der Waals surface area contributed by atoms with E-state index in [-0.39, 0.29) is 12.5 Å². The summed E-state index contributed by atoms with van der Waals surface area (Å²) in [6.45, 7) is 3.14. The van der Waals surface area contributed by atoms with Gasteiger partial charge in [0.05, 0.1) is 6.61 Å². The Morgan fingerprint density at radius 2 is 2.33 bits per heavy atom. The van der Waals surface area contributed by atoms with E-state index in [9.17, 15) is 4.79 Å². The molecule has 1 aliphatic rings. The molecule has 0 unspecified atom stereocenters. The summed E-state index contributed by atoms with van der Waals surface area (Å²) in [7, 11) is 0. The number of hydrogen-bond donors (Lipinski definition) is 2. The molecule has 0 aliphatic heterocycles. The third-order valence-electron chi connectivity index (χ3n) is 3.27. The quantitative estimate of drug-likeness (QED) is 0.772. The van der Waals surface area contributed by atoms with Crippen LogP contribution in [0.1, 0.15) is 54.7 Å². The van der Waals surface area contributed by atoms with Gasteiger partial charge in [-0.25, -0.2) is 0 Å². The molecule has 18 heavy (non-hydrogen) atoms. The molecular formula is C13H21N3O2. The number of unbranched alkanes of at least 4 members (excludes halogenated alkanes) is 1. The number of rotatable bonds is 7. The van der Waals surface area contributed by atoms with Gasteiger partial charge in [-0.3, -0.25) is 9.89 Å². The molecule has 2 rings (SSSR count). The van der Waals surface area contributed by atoms with Crippen molar-refractivity contribution in [2.24, 2.45) is 0 Å². The summed E-state index contributed by atoms with van der Waals surface area (Å²) in [4.78, 5) is 13.9. The second kappa shape index (κ2) is 6.00. The molecule has 1 fully saturated rings. The van der Waals surface area contributed by atoms with E-state index in [2.05, 4.69) is 17.1 Å². The molecule has 0 aromatic carbocycles. The molecule has 1 aromatic rings. The normalized spacial score (nSPS) is 14.8. The van der Waals surface area contributed by atoms with Gasteiger partial charge in [-0.05, 0) is 25.3 Å². The second-order valence-electron chi connectivity index (χ2n) is 4.85. The summed E-state index contributed by atoms with van der Waals surface area (Å²) < 4.78 is 0. The van der Waals surface area contributed by atoms with Crippen LogP contribution < -0.4 is 0 Å². The summed E-state index contributed by atoms with van der Waals surface area (Å²) in [5, 5.41) is 16.0. The van der Waals surface area contributed by atoms with Crippen molar-refractivity contribution in [2.75, 3.05) is 19.7 Å². The highest BCUT2D eigenvalue weighted by Crippen LogP contribution is 2.39. The van der Waals surface area contributed by atoms with Gasteiger partial charge in [-0.2, -0.15) is 5.10 Å². The van der Waals surface area contributed by atoms with Gasteiger partial charge in [0.25, 0.3) is 5.91 Å². The van der Waals surface area contributed by atoms with Crippen molar-refractivity contribution in [1.29, 1.82) is 0 Å². The molecule has 0 radical (unpaired) electrons. The number of aliphatic hydroxyl groups excluding tert-OH is 1. The average molecular weight is 251 g/mol. The van der Waals surface area contributed by atoms with Crippen molar-refractivity contribution in [2.45, 2.75) is 38.5 Å². The van der Waals surface area contributed by atoms with Crippen LogP contribution in [0.3, 0.4) is 0 Å². The minimum Gasteiger partial charge on any atom is -0.395 e. The van der Waals surface area contributed by atoms with Crippen LogP contribution >= 0.6 is 0 Å². The predicted molar refractivity (Wildman–Crippen MR) is 68.5 cm³/mol. The molecule has 2 N–H and O–H groups in total. The fourth-order valence-electron chi connectivity index (χ4n) is 2.00. The minimum absolute atomic E-state index is 0.00460. The monoisotopic (exact) mass is 251 g/mol. The molecule has 5 heteroatoms. The Kier molecular flexibility index (Phi) is 4.36. The van der Waals surface area contributed by atoms with E-state index in [1.807, 2.05) is 6.07 Å². The van der Waals surface area contributed by atoms with E-state index < -0.39 is 0 Å². The van der Waals surface area contributed by atoms with Crippen molar-refractivity contribution in [3.63, 3.8) is 0 Å². The largest absolute Gasteiger partial charge is 0.395 e. The summed E-state index contributed by atoms with van der Waals surface area (Å²) >= 11 is 0. The number of hydrogen-bond acceptors (Lipinski definition) is 3. The number of nitrogens with one attached hydrogen (secondary N) is 1. The van der Waals surface area contributed by atoms with Crippen LogP contribution in [-0.2, 0) is 0 Å². The molecule has 1 heterocycles. The van der Waals surface area contributed by atoms with Crippen LogP contribution in [0.4, 0.5) is 0 Å². The first-order chi connectivity index (χ1) is 8.76. The van der Waals surface area contributed by atoms with Gasteiger partial charge in [-0.15, -0.1) is 0 Å². The Hall–Kier alpha value is -1.36. The topological polar surface area (TPSA) is 69.2 Å². The lowest BCUT2D eigenvalue weighted by Gasteiger charge is -2.20. The van der Waals surface area contributed by atoms with Crippen LogP contribution in [0.15, 0.2) is 6.07 Å². The highest BCUT2D eigenvalue weighted by molar-refractivity contribution is 5.92. The Bertz CT molecular complexity index is 399. The van der Waals surface area contributed by atoms with Gasteiger partial charge in [0, 0.05) is 24.7 Å². The summed E-state index contributed by atoms with van der Waals surface area (Å²) in [5.41, 5.74) is 1.54. The van der Waals surface area contributed by atoms with E-state index in [4.69, 9.17) is 5.11 Å². The summed E-state index contributed by atoms with van der Waals surface area (Å²) in [6.07, 6.45) is 4.35. The maximum absolute atomic E-state index is 12.2. The number of carbonyl (C=O) groups is 1. The Morgan fingerprint density at radius 3 is 2.94 bits per heavy atom. The molecule has 1 aromatic heterocycles. The van der Waals surface area contributed by atoms with E-state index in [0.29, 0.717) is 24.7 Å². The van der Waals surface area contributed by atoms with E-state index in [1.165, 1.54) is 12.8 Å². The number of aromatic amines is 1. The van der Waals surface area contributed by atoms with Crippen LogP contribution in [0.25, 0.3) is 0 Å². The number of aliphatic hydroxyl groups is 1. The Balaban J connectivity index is 2.00. The van der Waals surface area contributed by atoms with Crippen LogP contribution in [0.2, 0.25) is 0 Å². The number of amides is 1. The SMILES string of the molecule is CCCCN(CCO)C(=O)c1cc(C2CC2)[nH]n1. The van der Waals surface area contributed by atoms with Crippen molar-refractivity contribution >= 4 is 5.91 Å². The molecule has 1 saturated carbocycles. The summed E-state index contributed by atoms with van der Waals surface area (Å²) in [5.74, 6) is 0.488.